The van der Waals surface area contributed by atoms with Crippen molar-refractivity contribution in [2.75, 3.05) is 13.6 Å². The van der Waals surface area contributed by atoms with Gasteiger partial charge in [0.25, 0.3) is 0 Å². The van der Waals surface area contributed by atoms with E-state index in [9.17, 15) is 4.79 Å². The Balaban J connectivity index is 1.45. The standard InChI is InChI=1S/C20H30ClN3O/c1-22-19(25)20(11-2-3-12-20)24-14-10-15-6-8-16(9-7-15)18-17(21)5-4-13-23-18/h4-5,13,15-16,24H,2-3,6-12,14H2,1H3,(H,22,25). The number of rotatable bonds is 6. The molecular formula is C20H30ClN3O. The van der Waals surface area contributed by atoms with Crippen LogP contribution in [0.3, 0.4) is 0 Å². The molecule has 0 aliphatic heterocycles. The van der Waals surface area contributed by atoms with Crippen molar-refractivity contribution in [1.29, 1.82) is 0 Å². The summed E-state index contributed by atoms with van der Waals surface area (Å²) >= 11 is 6.30. The van der Waals surface area contributed by atoms with Gasteiger partial charge in [0.1, 0.15) is 0 Å². The Kier molecular flexibility index (Phi) is 6.34. The van der Waals surface area contributed by atoms with Gasteiger partial charge in [-0.05, 0) is 69.5 Å². The van der Waals surface area contributed by atoms with Crippen LogP contribution >= 0.6 is 11.6 Å². The van der Waals surface area contributed by atoms with Crippen molar-refractivity contribution in [2.24, 2.45) is 5.92 Å². The van der Waals surface area contributed by atoms with Crippen LogP contribution in [0.15, 0.2) is 18.3 Å². The van der Waals surface area contributed by atoms with E-state index in [0.29, 0.717) is 5.92 Å². The van der Waals surface area contributed by atoms with E-state index in [0.717, 1.165) is 55.3 Å². The van der Waals surface area contributed by atoms with Gasteiger partial charge in [-0.2, -0.15) is 0 Å². The summed E-state index contributed by atoms with van der Waals surface area (Å²) < 4.78 is 0. The molecule has 0 unspecified atom stereocenters. The van der Waals surface area contributed by atoms with Gasteiger partial charge in [0.05, 0.1) is 16.3 Å². The highest BCUT2D eigenvalue weighted by molar-refractivity contribution is 6.31. The Labute approximate surface area is 156 Å². The van der Waals surface area contributed by atoms with Crippen molar-refractivity contribution in [3.05, 3.63) is 29.0 Å². The van der Waals surface area contributed by atoms with Crippen LogP contribution in [0.5, 0.6) is 0 Å². The quantitative estimate of drug-likeness (QED) is 0.801. The highest BCUT2D eigenvalue weighted by atomic mass is 35.5. The molecule has 1 aromatic rings. The lowest BCUT2D eigenvalue weighted by Crippen LogP contribution is -2.54. The summed E-state index contributed by atoms with van der Waals surface area (Å²) in [5.41, 5.74) is 0.762. The Morgan fingerprint density at radius 1 is 1.28 bits per heavy atom. The zero-order valence-corrected chi connectivity index (χ0v) is 15.9. The van der Waals surface area contributed by atoms with Crippen molar-refractivity contribution >= 4 is 17.5 Å². The average molecular weight is 364 g/mol. The van der Waals surface area contributed by atoms with E-state index >= 15 is 0 Å². The van der Waals surface area contributed by atoms with E-state index in [-0.39, 0.29) is 11.4 Å². The predicted octanol–water partition coefficient (Wildman–Crippen LogP) is 4.05. The minimum Gasteiger partial charge on any atom is -0.358 e. The van der Waals surface area contributed by atoms with Crippen molar-refractivity contribution < 1.29 is 4.79 Å². The first-order chi connectivity index (χ1) is 12.1. The molecule has 5 heteroatoms. The molecule has 0 saturated heterocycles. The van der Waals surface area contributed by atoms with Gasteiger partial charge in [0.15, 0.2) is 0 Å². The number of carbonyl (C=O) groups excluding carboxylic acids is 1. The second-order valence-electron chi connectivity index (χ2n) is 7.67. The molecule has 2 N–H and O–H groups in total. The monoisotopic (exact) mass is 363 g/mol. The second kappa shape index (κ2) is 8.50. The molecule has 0 aromatic carbocycles. The van der Waals surface area contributed by atoms with Gasteiger partial charge in [0, 0.05) is 19.2 Å². The molecule has 2 aliphatic carbocycles. The molecule has 0 spiro atoms. The molecule has 1 aromatic heterocycles. The summed E-state index contributed by atoms with van der Waals surface area (Å²) in [6.07, 6.45) is 12.0. The number of hydrogen-bond donors (Lipinski definition) is 2. The summed E-state index contributed by atoms with van der Waals surface area (Å²) in [6, 6.07) is 3.84. The van der Waals surface area contributed by atoms with Gasteiger partial charge in [0.2, 0.25) is 5.91 Å². The number of halogens is 1. The van der Waals surface area contributed by atoms with Crippen LogP contribution < -0.4 is 10.6 Å². The number of aromatic nitrogens is 1. The fourth-order valence-corrected chi connectivity index (χ4v) is 4.92. The molecule has 1 amide bonds. The van der Waals surface area contributed by atoms with E-state index in [1.54, 1.807) is 7.05 Å². The average Bonchev–Trinajstić information content (AvgIpc) is 3.12. The number of nitrogens with zero attached hydrogens (tertiary/aromatic N) is 1. The van der Waals surface area contributed by atoms with Crippen LogP contribution in [-0.2, 0) is 4.79 Å². The second-order valence-corrected chi connectivity index (χ2v) is 8.08. The number of carbonyl (C=O) groups is 1. The topological polar surface area (TPSA) is 54.0 Å². The lowest BCUT2D eigenvalue weighted by molar-refractivity contribution is -0.127. The Bertz CT molecular complexity index is 578. The van der Waals surface area contributed by atoms with Crippen LogP contribution in [0.25, 0.3) is 0 Å². The van der Waals surface area contributed by atoms with Crippen molar-refractivity contribution in [2.45, 2.75) is 69.2 Å². The van der Waals surface area contributed by atoms with Crippen molar-refractivity contribution in [3.63, 3.8) is 0 Å². The fourth-order valence-electron chi connectivity index (χ4n) is 4.64. The first-order valence-electron chi connectivity index (χ1n) is 9.72. The van der Waals surface area contributed by atoms with Crippen LogP contribution in [0.1, 0.15) is 69.4 Å². The minimum absolute atomic E-state index is 0.165. The molecule has 25 heavy (non-hydrogen) atoms. The van der Waals surface area contributed by atoms with Gasteiger partial charge < -0.3 is 10.6 Å². The molecule has 0 bridgehead atoms. The number of amides is 1. The van der Waals surface area contributed by atoms with Crippen molar-refractivity contribution in [3.8, 4) is 0 Å². The molecule has 1 heterocycles. The highest BCUT2D eigenvalue weighted by Crippen LogP contribution is 2.38. The van der Waals surface area contributed by atoms with E-state index in [1.807, 2.05) is 18.3 Å². The molecule has 3 rings (SSSR count). The maximum atomic E-state index is 12.3. The molecule has 2 saturated carbocycles. The summed E-state index contributed by atoms with van der Waals surface area (Å²) in [7, 11) is 1.74. The smallest absolute Gasteiger partial charge is 0.240 e. The van der Waals surface area contributed by atoms with E-state index in [4.69, 9.17) is 11.6 Å². The third kappa shape index (κ3) is 4.35. The summed E-state index contributed by atoms with van der Waals surface area (Å²) in [5.74, 6) is 1.41. The van der Waals surface area contributed by atoms with Gasteiger partial charge in [-0.3, -0.25) is 9.78 Å². The maximum absolute atomic E-state index is 12.3. The third-order valence-electron chi connectivity index (χ3n) is 6.16. The highest BCUT2D eigenvalue weighted by Gasteiger charge is 2.40. The summed E-state index contributed by atoms with van der Waals surface area (Å²) in [5, 5.41) is 7.25. The molecule has 138 valence electrons. The Morgan fingerprint density at radius 3 is 2.64 bits per heavy atom. The van der Waals surface area contributed by atoms with Crippen molar-refractivity contribution in [1.82, 2.24) is 15.6 Å². The normalized spacial score (nSPS) is 25.7. The van der Waals surface area contributed by atoms with Gasteiger partial charge in [-0.25, -0.2) is 0 Å². The van der Waals surface area contributed by atoms with Crippen LogP contribution in [0.2, 0.25) is 5.02 Å². The van der Waals surface area contributed by atoms with Crippen LogP contribution in [0, 0.1) is 5.92 Å². The van der Waals surface area contributed by atoms with E-state index in [2.05, 4.69) is 15.6 Å². The zero-order valence-electron chi connectivity index (χ0n) is 15.2. The molecular weight excluding hydrogens is 334 g/mol. The molecule has 4 nitrogen and oxygen atoms in total. The zero-order chi connectivity index (χ0) is 17.7. The SMILES string of the molecule is CNC(=O)C1(NCCC2CCC(c3ncccc3Cl)CC2)CCCC1. The van der Waals surface area contributed by atoms with Gasteiger partial charge >= 0.3 is 0 Å². The number of hydrogen-bond acceptors (Lipinski definition) is 3. The number of nitrogens with one attached hydrogen (secondary N) is 2. The van der Waals surface area contributed by atoms with Gasteiger partial charge in [-0.1, -0.05) is 24.4 Å². The first-order valence-corrected chi connectivity index (χ1v) is 10.1. The molecule has 2 fully saturated rings. The fraction of sp³-hybridized carbons (Fsp3) is 0.700. The molecule has 0 radical (unpaired) electrons. The lowest BCUT2D eigenvalue weighted by atomic mass is 9.79. The maximum Gasteiger partial charge on any atom is 0.240 e. The predicted molar refractivity (Wildman–Crippen MR) is 102 cm³/mol. The summed E-state index contributed by atoms with van der Waals surface area (Å²) in [6.45, 7) is 0.938. The Morgan fingerprint density at radius 2 is 2.00 bits per heavy atom. The molecule has 0 atom stereocenters. The minimum atomic E-state index is -0.312. The summed E-state index contributed by atoms with van der Waals surface area (Å²) in [4.78, 5) is 16.7. The van der Waals surface area contributed by atoms with E-state index < -0.39 is 0 Å². The van der Waals surface area contributed by atoms with E-state index in [1.165, 1.54) is 25.7 Å². The number of likely N-dealkylation sites (N-methyl/N-ethyl adjacent to an activating group) is 1. The van der Waals surface area contributed by atoms with Crippen LogP contribution in [0.4, 0.5) is 0 Å². The molecule has 2 aliphatic rings. The van der Waals surface area contributed by atoms with Crippen LogP contribution in [-0.4, -0.2) is 30.0 Å². The first kappa shape index (κ1) is 18.7. The lowest BCUT2D eigenvalue weighted by Gasteiger charge is -2.31. The van der Waals surface area contributed by atoms with Gasteiger partial charge in [-0.15, -0.1) is 0 Å². The Hall–Kier alpha value is -1.13. The third-order valence-corrected chi connectivity index (χ3v) is 6.47. The number of pyridine rings is 1. The largest absolute Gasteiger partial charge is 0.358 e.